The highest BCUT2D eigenvalue weighted by molar-refractivity contribution is 7.60. The maximum atomic E-state index is 15.0. The maximum Gasteiger partial charge on any atom is 0.417 e. The largest absolute Gasteiger partial charge is 0.544 e. The van der Waals surface area contributed by atoms with E-state index in [9.17, 15) is 31.9 Å². The quantitative estimate of drug-likeness (QED) is 0.0359. The van der Waals surface area contributed by atoms with Gasteiger partial charge in [-0.25, -0.2) is 27.3 Å². The smallest absolute Gasteiger partial charge is 0.417 e. The number of cyclic esters (lactones) is 1. The van der Waals surface area contributed by atoms with E-state index < -0.39 is 69.4 Å². The molecule has 0 aromatic heterocycles. The van der Waals surface area contributed by atoms with E-state index in [0.29, 0.717) is 37.1 Å². The molecule has 0 aliphatic carbocycles. The van der Waals surface area contributed by atoms with Crippen molar-refractivity contribution < 1.29 is 54.4 Å². The third kappa shape index (κ3) is 24.5. The van der Waals surface area contributed by atoms with Crippen molar-refractivity contribution in [1.82, 2.24) is 4.90 Å². The number of benzene rings is 7. The van der Waals surface area contributed by atoms with Gasteiger partial charge in [0, 0.05) is 11.4 Å². The number of carbonyl (C=O) groups excluding carboxylic acids is 3. The van der Waals surface area contributed by atoms with Crippen molar-refractivity contribution in [2.45, 2.75) is 135 Å². The molecule has 25 heteroatoms. The second-order valence-electron chi connectivity index (χ2n) is 26.4. The number of β-lactam (4-membered cyclic amide) rings is 1. The van der Waals surface area contributed by atoms with E-state index in [2.05, 4.69) is 83.9 Å². The van der Waals surface area contributed by atoms with Crippen LogP contribution in [0.3, 0.4) is 0 Å². The first-order valence-electron chi connectivity index (χ1n) is 30.1. The lowest BCUT2D eigenvalue weighted by Gasteiger charge is -2.48. The molecule has 7 atom stereocenters. The van der Waals surface area contributed by atoms with Crippen molar-refractivity contribution in [2.75, 3.05) is 16.8 Å². The molecule has 0 spiro atoms. The van der Waals surface area contributed by atoms with Crippen molar-refractivity contribution in [2.24, 2.45) is 11.8 Å². The summed E-state index contributed by atoms with van der Waals surface area (Å²) in [7, 11) is -7.67. The number of halogens is 4. The fraction of sp³-hybridized carbons (Fsp3) is 0.348. The molecule has 0 bridgehead atoms. The molecule has 3 amide bonds. The van der Waals surface area contributed by atoms with Crippen LogP contribution in [0.15, 0.2) is 176 Å². The van der Waals surface area contributed by atoms with Crippen LogP contribution in [0, 0.1) is 35.1 Å². The lowest BCUT2D eigenvalue weighted by molar-refractivity contribution is -0.134. The number of hydrogen-bond donors (Lipinski definition) is 1. The van der Waals surface area contributed by atoms with Gasteiger partial charge in [-0.2, -0.15) is 81.0 Å². The number of anilines is 2. The number of rotatable bonds is 24. The Kier molecular flexibility index (Phi) is 33.5. The molecule has 0 radical (unpaired) electrons. The molecular weight excluding hydrogens is 1380 g/mol. The monoisotopic (exact) mass is 1470 g/mol. The summed E-state index contributed by atoms with van der Waals surface area (Å²) in [6.45, 7) is 25.4. The van der Waals surface area contributed by atoms with Crippen molar-refractivity contribution >= 4 is 144 Å². The highest BCUT2D eigenvalue weighted by Gasteiger charge is 2.49. The number of amides is 3. The Hall–Kier alpha value is -5.04. The van der Waals surface area contributed by atoms with E-state index in [0.717, 1.165) is 39.3 Å². The van der Waals surface area contributed by atoms with Gasteiger partial charge in [0.2, 0.25) is 28.4 Å². The minimum Gasteiger partial charge on any atom is -0.544 e. The van der Waals surface area contributed by atoms with E-state index in [1.165, 1.54) is 53.4 Å². The van der Waals surface area contributed by atoms with E-state index in [1.54, 1.807) is 53.4 Å². The van der Waals surface area contributed by atoms with Gasteiger partial charge in [0.05, 0.1) is 36.1 Å². The Morgan fingerprint density at radius 3 is 1.36 bits per heavy atom. The van der Waals surface area contributed by atoms with Gasteiger partial charge in [-0.05, 0) is 229 Å². The van der Waals surface area contributed by atoms with Gasteiger partial charge in [-0.3, -0.25) is 9.59 Å². The van der Waals surface area contributed by atoms with E-state index in [1.807, 2.05) is 78.9 Å². The zero-order valence-corrected chi connectivity index (χ0v) is 65.5. The lowest BCUT2D eigenvalue weighted by Crippen LogP contribution is -2.55. The molecule has 9 rings (SSSR count). The van der Waals surface area contributed by atoms with Crippen molar-refractivity contribution in [3.8, 4) is 11.5 Å². The van der Waals surface area contributed by atoms with Crippen LogP contribution in [-0.2, 0) is 23.2 Å². The van der Waals surface area contributed by atoms with Crippen LogP contribution >= 0.6 is 81.0 Å². The van der Waals surface area contributed by atoms with Crippen LogP contribution in [0.25, 0.3) is 0 Å². The van der Waals surface area contributed by atoms with Gasteiger partial charge >= 0.3 is 6.09 Å². The number of carbonyl (C=O) groups is 3. The summed E-state index contributed by atoms with van der Waals surface area (Å²) < 4.78 is 86.2. The Morgan fingerprint density at radius 1 is 0.500 bits per heavy atom. The minimum absolute atomic E-state index is 0. The molecule has 1 N–H and O–H groups in total. The van der Waals surface area contributed by atoms with Crippen LogP contribution in [0.1, 0.15) is 83.8 Å². The topological polar surface area (TPSA) is 116 Å². The molecule has 2 heterocycles. The van der Waals surface area contributed by atoms with Gasteiger partial charge in [0.1, 0.15) is 47.4 Å². The Balaban J connectivity index is 0.000000620. The predicted molar refractivity (Wildman–Crippen MR) is 412 cm³/mol. The normalized spacial score (nSPS) is 16.5. The van der Waals surface area contributed by atoms with Gasteiger partial charge < -0.3 is 32.7 Å². The van der Waals surface area contributed by atoms with E-state index >= 15 is 0 Å². The fourth-order valence-corrected chi connectivity index (χ4v) is 15.0. The number of nitrogens with one attached hydrogen (secondary N) is 1. The molecule has 0 unspecified atom stereocenters. The summed E-state index contributed by atoms with van der Waals surface area (Å²) >= 11 is 0. The van der Waals surface area contributed by atoms with Gasteiger partial charge in [0.15, 0.2) is 16.6 Å². The van der Waals surface area contributed by atoms with Crippen LogP contribution in [0.2, 0.25) is 78.6 Å². The van der Waals surface area contributed by atoms with E-state index in [4.69, 9.17) is 22.4 Å². The molecule has 7 aromatic rings. The zero-order valence-electron chi connectivity index (χ0n) is 55.5. The Bertz CT molecular complexity index is 3450. The minimum atomic E-state index is -2.12. The second-order valence-corrected chi connectivity index (χ2v) is 44.2. The number of ether oxygens (including phenoxy) is 1. The van der Waals surface area contributed by atoms with Gasteiger partial charge in [0.25, 0.3) is 0 Å². The molecular formula is C69H95F4N3O8S6Si4. The first-order valence-corrected chi connectivity index (χ1v) is 43.7. The lowest BCUT2D eigenvalue weighted by atomic mass is 9.78. The van der Waals surface area contributed by atoms with Gasteiger partial charge in [-0.15, -0.1) is 0 Å². The molecule has 2 fully saturated rings. The predicted octanol–water partition coefficient (Wildman–Crippen LogP) is 19.0. The highest BCUT2D eigenvalue weighted by atomic mass is 32.1. The van der Waals surface area contributed by atoms with Crippen LogP contribution < -0.4 is 19.1 Å². The van der Waals surface area contributed by atoms with Crippen molar-refractivity contribution in [3.63, 3.8) is 0 Å². The first kappa shape index (κ1) is 85.0. The van der Waals surface area contributed by atoms with Gasteiger partial charge in [-0.1, -0.05) is 78.9 Å². The Morgan fingerprint density at radius 2 is 0.915 bits per heavy atom. The van der Waals surface area contributed by atoms with E-state index in [-0.39, 0.29) is 135 Å². The molecule has 2 saturated heterocycles. The third-order valence-electron chi connectivity index (χ3n) is 14.8. The molecule has 2 aliphatic heterocycles. The summed E-state index contributed by atoms with van der Waals surface area (Å²) in [5.74, 6) is -1.27. The average Bonchev–Trinajstić information content (AvgIpc) is 0.976. The third-order valence-corrected chi connectivity index (χ3v) is 18.4. The summed E-state index contributed by atoms with van der Waals surface area (Å²) in [6.07, 6.45) is 0.598. The second kappa shape index (κ2) is 37.1. The number of imide groups is 1. The zero-order chi connectivity index (χ0) is 63.7. The molecule has 7 aromatic carbocycles. The molecule has 11 nitrogen and oxygen atoms in total. The number of hydrogen-bond acceptors (Lipinski definition) is 9. The summed E-state index contributed by atoms with van der Waals surface area (Å²) in [4.78, 5) is 44.8. The summed E-state index contributed by atoms with van der Waals surface area (Å²) in [5, 5.41) is 3.50. The Labute approximate surface area is 600 Å². The average molecular weight is 1480 g/mol. The van der Waals surface area contributed by atoms with Crippen LogP contribution in [0.5, 0.6) is 11.5 Å². The standard InChI is InChI=1S/C39H46F2N2O5Si2.C30H37F2NO3Si2.6H2S/c1-49(2,3)47-33-22-14-29(15-23-33)37(42-32-20-18-31(41)19-21-32)34(24-25-36(48-50(4,5)6)28-12-16-30(40)17-13-28)38(44)43-35(26-46-39(43)45)27-10-8-7-9-11-27;1-37(2,3)35-26-17-9-22(10-18-26)29-27(30(34)33(29)25-15-13-24(32)14-16-25)19-20-28(36-38(4,5)6)21-7-11-23(31)12-8-21;;;;;;/h7-23,34-37,42H,24-26H2,1-6H3;7-18,27-29H,19-20H2,1-6H3;6*1H2/t34-,35-,36+,37-;27-,28+,29-;;;;;;/m11....../s1. The van der Waals surface area contributed by atoms with Crippen molar-refractivity contribution in [1.29, 1.82) is 0 Å². The molecule has 0 saturated carbocycles. The SMILES string of the molecule is C[Si](C)(C)Oc1ccc([C@@H](Nc2ccc(F)cc2)[C@@H](CC[C@H](O[Si](C)(C)C)c2ccc(F)cc2)C(=O)N2C(=O)OC[C@@H]2c2ccccc2)cc1.C[Si](C)(C)Oc1ccc([C@@H]2[C@@H](CC[C@H](O[Si](C)(C)C)c3ccc(F)cc3)C(=O)N2c2ccc(F)cc2)cc1.S.S.S.S.S.S. The summed E-state index contributed by atoms with van der Waals surface area (Å²) in [6, 6.07) is 48.2. The van der Waals surface area contributed by atoms with Crippen molar-refractivity contribution in [3.05, 3.63) is 227 Å². The molecule has 94 heavy (non-hydrogen) atoms. The highest BCUT2D eigenvalue weighted by Crippen LogP contribution is 2.48. The molecule has 2 aliphatic rings. The van der Waals surface area contributed by atoms with Crippen LogP contribution in [-0.4, -0.2) is 62.7 Å². The maximum absolute atomic E-state index is 15.0. The molecule has 514 valence electrons. The van der Waals surface area contributed by atoms with Crippen LogP contribution in [0.4, 0.5) is 33.7 Å². The fourth-order valence-electron chi connectivity index (χ4n) is 11.1. The summed E-state index contributed by atoms with van der Waals surface area (Å²) in [5.41, 5.74) is 5.57. The number of nitrogens with zero attached hydrogens (tertiary/aromatic N) is 2. The first-order chi connectivity index (χ1) is 41.5.